The summed E-state index contributed by atoms with van der Waals surface area (Å²) < 4.78 is 5.98. The van der Waals surface area contributed by atoms with Crippen LogP contribution in [0.2, 0.25) is 0 Å². The first kappa shape index (κ1) is 76.7. The summed E-state index contributed by atoms with van der Waals surface area (Å²) in [5, 5.41) is 59.6. The lowest BCUT2D eigenvalue weighted by atomic mass is 9.90. The number of Topliss-reactive ketones (excluding diaryl/α,β-unsaturated/α-hetero) is 3. The highest BCUT2D eigenvalue weighted by atomic mass is 32.1. The fraction of sp³-hybridized carbons (Fsp3) is 0.397. The minimum Gasteiger partial charge on any atom is -0.481 e. The predicted molar refractivity (Wildman–Crippen MR) is 382 cm³/mol. The number of carboxylic acids is 4. The van der Waals surface area contributed by atoms with Crippen molar-refractivity contribution in [1.29, 1.82) is 0 Å². The minimum absolute atomic E-state index is 0.0241. The number of carbonyl (C=O) groups is 12. The molecular formula is C73H84N10O18S. The molecule has 8 rings (SSSR count). The number of rotatable bonds is 33. The Morgan fingerprint density at radius 3 is 2.02 bits per heavy atom. The van der Waals surface area contributed by atoms with Crippen molar-refractivity contribution >= 4 is 122 Å². The van der Waals surface area contributed by atoms with Crippen molar-refractivity contribution in [3.63, 3.8) is 0 Å². The normalized spacial score (nSPS) is 15.1. The molecule has 4 aromatic carbocycles. The molecule has 4 aromatic rings. The van der Waals surface area contributed by atoms with E-state index in [1.165, 1.54) is 47.4 Å². The van der Waals surface area contributed by atoms with Crippen LogP contribution in [0.15, 0.2) is 118 Å². The Kier molecular flexibility index (Phi) is 26.5. The van der Waals surface area contributed by atoms with Gasteiger partial charge in [-0.15, -0.1) is 0 Å². The Morgan fingerprint density at radius 1 is 0.657 bits per heavy atom. The topological polar surface area (TPSA) is 433 Å². The van der Waals surface area contributed by atoms with Crippen molar-refractivity contribution in [2.24, 2.45) is 23.0 Å². The maximum absolute atomic E-state index is 14.6. The van der Waals surface area contributed by atoms with Gasteiger partial charge in [-0.1, -0.05) is 88.6 Å². The number of carbonyl (C=O) groups excluding carboxylic acids is 8. The SMILES string of the molecule is CC(C)(C)C(=O)CN1C(=O)[C@H](NC(=O)Nc2cccc(C(=O)CC(CCC(=O)O)C(=O)NC(CCCNC(N)=O)C(=O)CC(CC(=O)O)C(=O)N[C@@H](CCCCNC(=S)Nc3ccc(-c4c5ccc(=O)cc-5oc5ccccc45)c(C(=O)O)c3)C(=O)O)c2)CN(C2CCCCC2)c2ccccc21. The van der Waals surface area contributed by atoms with Crippen molar-refractivity contribution < 1.29 is 82.4 Å². The molecule has 540 valence electrons. The van der Waals surface area contributed by atoms with E-state index in [0.717, 1.165) is 37.8 Å². The Labute approximate surface area is 592 Å². The van der Waals surface area contributed by atoms with Crippen molar-refractivity contribution in [3.05, 3.63) is 131 Å². The number of urea groups is 2. The van der Waals surface area contributed by atoms with Crippen LogP contribution in [-0.2, 0) is 38.4 Å². The average molecular weight is 1420 g/mol. The van der Waals surface area contributed by atoms with Gasteiger partial charge in [0.1, 0.15) is 23.4 Å². The van der Waals surface area contributed by atoms with E-state index in [4.69, 9.17) is 22.4 Å². The molecule has 7 amide bonds. The fourth-order valence-corrected chi connectivity index (χ4v) is 12.8. The van der Waals surface area contributed by atoms with E-state index in [1.54, 1.807) is 75.4 Å². The van der Waals surface area contributed by atoms with Crippen LogP contribution in [0.4, 0.5) is 32.3 Å². The molecule has 4 aliphatic rings. The lowest BCUT2D eigenvalue weighted by molar-refractivity contribution is -0.145. The van der Waals surface area contributed by atoms with Gasteiger partial charge in [0.15, 0.2) is 27.9 Å². The predicted octanol–water partition coefficient (Wildman–Crippen LogP) is 8.32. The van der Waals surface area contributed by atoms with Crippen LogP contribution in [0.25, 0.3) is 33.4 Å². The summed E-state index contributed by atoms with van der Waals surface area (Å²) in [5.74, 6) is -12.8. The van der Waals surface area contributed by atoms with Crippen molar-refractivity contribution in [2.75, 3.05) is 46.6 Å². The Hall–Kier alpha value is -11.1. The average Bonchev–Trinajstić information content (AvgIpc) is 0.796. The van der Waals surface area contributed by atoms with Gasteiger partial charge in [-0.3, -0.25) is 43.2 Å². The number of nitrogens with zero attached hydrogens (tertiary/aromatic N) is 2. The lowest BCUT2D eigenvalue weighted by Crippen LogP contribution is -2.55. The summed E-state index contributed by atoms with van der Waals surface area (Å²) in [6.07, 6.45) is 1.22. The zero-order chi connectivity index (χ0) is 73.9. The number of primary amides is 1. The summed E-state index contributed by atoms with van der Waals surface area (Å²) in [4.78, 5) is 176. The Bertz CT molecular complexity index is 4200. The maximum atomic E-state index is 14.6. The first-order chi connectivity index (χ1) is 48.5. The smallest absolute Gasteiger partial charge is 0.336 e. The number of hydrogen-bond donors (Lipinski definition) is 12. The number of anilines is 4. The summed E-state index contributed by atoms with van der Waals surface area (Å²) in [7, 11) is 0. The van der Waals surface area contributed by atoms with E-state index in [0.29, 0.717) is 39.0 Å². The number of amides is 7. The monoisotopic (exact) mass is 1420 g/mol. The van der Waals surface area contributed by atoms with Gasteiger partial charge in [-0.2, -0.15) is 0 Å². The van der Waals surface area contributed by atoms with Crippen molar-refractivity contribution in [3.8, 4) is 22.5 Å². The van der Waals surface area contributed by atoms with Gasteiger partial charge >= 0.3 is 35.9 Å². The molecule has 0 spiro atoms. The second-order valence-electron chi connectivity index (χ2n) is 26.5. The van der Waals surface area contributed by atoms with E-state index < -0.39 is 133 Å². The third kappa shape index (κ3) is 21.0. The van der Waals surface area contributed by atoms with Gasteiger partial charge in [0.2, 0.25) is 11.8 Å². The maximum Gasteiger partial charge on any atom is 0.336 e. The van der Waals surface area contributed by atoms with Crippen molar-refractivity contribution in [2.45, 2.75) is 141 Å². The van der Waals surface area contributed by atoms with Crippen LogP contribution in [0.5, 0.6) is 0 Å². The molecule has 0 saturated heterocycles. The van der Waals surface area contributed by atoms with Gasteiger partial charge in [0.05, 0.1) is 41.9 Å². The van der Waals surface area contributed by atoms with Gasteiger partial charge in [-0.25, -0.2) is 19.2 Å². The molecular weight excluding hydrogens is 1340 g/mol. The third-order valence-corrected chi connectivity index (χ3v) is 18.2. The molecule has 28 nitrogen and oxygen atoms in total. The molecule has 2 heterocycles. The number of para-hydroxylation sites is 3. The highest BCUT2D eigenvalue weighted by Crippen LogP contribution is 2.42. The molecule has 1 saturated carbocycles. The van der Waals surface area contributed by atoms with Gasteiger partial charge in [0, 0.05) is 95.8 Å². The number of nitrogens with two attached hydrogens (primary N) is 1. The first-order valence-corrected chi connectivity index (χ1v) is 34.1. The molecule has 0 radical (unpaired) electrons. The summed E-state index contributed by atoms with van der Waals surface area (Å²) >= 11 is 5.49. The molecule has 2 aliphatic heterocycles. The van der Waals surface area contributed by atoms with Crippen LogP contribution < -0.4 is 58.2 Å². The quantitative estimate of drug-likeness (QED) is 0.00797. The number of aliphatic carboxylic acids is 3. The van der Waals surface area contributed by atoms with E-state index in [-0.39, 0.29) is 103 Å². The third-order valence-electron chi connectivity index (χ3n) is 17.9. The zero-order valence-electron chi connectivity index (χ0n) is 56.7. The van der Waals surface area contributed by atoms with Gasteiger partial charge in [-0.05, 0) is 124 Å². The van der Waals surface area contributed by atoms with Crippen LogP contribution in [0.3, 0.4) is 0 Å². The molecule has 2 aliphatic carbocycles. The molecule has 29 heteroatoms. The number of unbranched alkanes of at least 4 members (excludes halogenated alkanes) is 1. The van der Waals surface area contributed by atoms with E-state index >= 15 is 0 Å². The zero-order valence-corrected chi connectivity index (χ0v) is 57.5. The highest BCUT2D eigenvalue weighted by molar-refractivity contribution is 7.80. The van der Waals surface area contributed by atoms with E-state index in [1.807, 2.05) is 12.1 Å². The van der Waals surface area contributed by atoms with Crippen LogP contribution in [0, 0.1) is 17.3 Å². The molecule has 5 atom stereocenters. The molecule has 13 N–H and O–H groups in total. The highest BCUT2D eigenvalue weighted by Gasteiger charge is 2.40. The second kappa shape index (κ2) is 35.3. The number of fused-ring (bicyclic) bond motifs is 3. The minimum atomic E-state index is -1.69. The number of aromatic carboxylic acids is 1. The number of carboxylic acid groups (broad SMARTS) is 4. The fourth-order valence-electron chi connectivity index (χ4n) is 12.6. The first-order valence-electron chi connectivity index (χ1n) is 33.7. The number of benzene rings is 5. The largest absolute Gasteiger partial charge is 0.481 e. The van der Waals surface area contributed by atoms with Crippen LogP contribution in [0.1, 0.15) is 138 Å². The number of hydrogen-bond acceptors (Lipinski definition) is 16. The number of ketones is 3. The van der Waals surface area contributed by atoms with Gasteiger partial charge in [0.25, 0.3) is 5.91 Å². The van der Waals surface area contributed by atoms with Crippen molar-refractivity contribution in [1.82, 2.24) is 26.6 Å². The van der Waals surface area contributed by atoms with Crippen LogP contribution in [-0.4, -0.2) is 147 Å². The van der Waals surface area contributed by atoms with E-state index in [9.17, 15) is 82.8 Å². The molecule has 3 unspecified atom stereocenters. The van der Waals surface area contributed by atoms with E-state index in [2.05, 4.69) is 42.1 Å². The Balaban J connectivity index is 0.886. The number of nitrogens with one attached hydrogen (secondary N) is 7. The molecule has 1 fully saturated rings. The summed E-state index contributed by atoms with van der Waals surface area (Å²) in [6, 6.07) is 22.9. The number of thiocarbonyl (C=S) groups is 1. The summed E-state index contributed by atoms with van der Waals surface area (Å²) in [5.41, 5.74) is 7.59. The molecule has 0 bridgehead atoms. The Morgan fingerprint density at radius 2 is 1.32 bits per heavy atom. The van der Waals surface area contributed by atoms with Gasteiger partial charge < -0.3 is 77.6 Å². The standard InChI is InChI=1S/C73H84N10O18S/c1-73(2,3)61(87)40-83-56-23-9-8-22-55(56)82(46-17-5-4-6-18-46)39-54(67(83)94)81-71(100)77-44-16-13-15-41(33-44)57(85)34-42(25-30-62(88)89)65(92)79-52(21-14-32-75-70(74)99)58(86)35-43(36-63(90)91)66(93)80-53(69(97)98)20-11-12-31-76-72(102)78-45-26-28-48(51(37-45)68(95)96)64-49-19-7-10-24-59(49)101-60-38-47(84)27-29-50(60)64/h7-10,13,15-16,19,22-24,26-29,33,37-38,42-43,46,52-54H,4-6,11-12,14,17-18,20-21,25,30-32,34-36,39-40H2,1-3H3,(H,79,92)(H,80,93)(H,88,89)(H,90,91)(H,95,96)(H,97,98)(H3,74,75,99)(H2,76,78,102)(H2,77,81,100)/t42?,43?,52?,53-,54+/m0/s1. The summed E-state index contributed by atoms with van der Waals surface area (Å²) in [6.45, 7) is 5.18. The van der Waals surface area contributed by atoms with Crippen LogP contribution >= 0.6 is 12.2 Å². The second-order valence-corrected chi connectivity index (χ2v) is 26.9. The molecule has 102 heavy (non-hydrogen) atoms. The lowest BCUT2D eigenvalue weighted by Gasteiger charge is -2.37. The molecule has 0 aromatic heterocycles.